The van der Waals surface area contributed by atoms with Gasteiger partial charge in [0, 0.05) is 43.2 Å². The standard InChI is InChI=1S/C32H44N4O6/c1-21(13-26(37)19-36-9-11-41-12-10-36)31(40)34-28(16-23-7-8-27-25(15-23)18-33-35-27)29(38)17-24(14-22-5-3-4-6-22)30(39)32(2)20-42-32/h7-8,15,18,21-22,24,28H,3-6,9-14,16-17,19-20H2,1-2H3,(H,33,35)(H,34,40)/t21-,24-,28+,32-/m1/s1. The number of rotatable bonds is 15. The van der Waals surface area contributed by atoms with Crippen molar-refractivity contribution >= 4 is 34.2 Å². The van der Waals surface area contributed by atoms with Crippen LogP contribution in [-0.4, -0.2) is 89.5 Å². The number of nitrogens with zero attached hydrogens (tertiary/aromatic N) is 2. The fourth-order valence-corrected chi connectivity index (χ4v) is 6.42. The summed E-state index contributed by atoms with van der Waals surface area (Å²) in [7, 11) is 0. The zero-order valence-electron chi connectivity index (χ0n) is 24.9. The van der Waals surface area contributed by atoms with Crippen LogP contribution in [0.1, 0.15) is 64.4 Å². The second-order valence-corrected chi connectivity index (χ2v) is 12.7. The Hall–Kier alpha value is -2.95. The average molecular weight is 581 g/mol. The van der Waals surface area contributed by atoms with Crippen molar-refractivity contribution in [2.45, 2.75) is 76.9 Å². The van der Waals surface area contributed by atoms with Gasteiger partial charge in [-0.3, -0.25) is 29.2 Å². The van der Waals surface area contributed by atoms with Gasteiger partial charge < -0.3 is 14.8 Å². The van der Waals surface area contributed by atoms with E-state index in [0.717, 1.165) is 42.1 Å². The lowest BCUT2D eigenvalue weighted by Crippen LogP contribution is -2.46. The Labute approximate surface area is 247 Å². The van der Waals surface area contributed by atoms with Gasteiger partial charge in [-0.05, 0) is 43.4 Å². The molecule has 42 heavy (non-hydrogen) atoms. The third-order valence-electron chi connectivity index (χ3n) is 9.14. The van der Waals surface area contributed by atoms with Gasteiger partial charge in [0.2, 0.25) is 5.91 Å². The average Bonchev–Trinajstić information content (AvgIpc) is 3.32. The first-order chi connectivity index (χ1) is 20.2. The highest BCUT2D eigenvalue weighted by Gasteiger charge is 2.50. The summed E-state index contributed by atoms with van der Waals surface area (Å²) in [6.45, 7) is 6.83. The minimum absolute atomic E-state index is 0.00489. The van der Waals surface area contributed by atoms with E-state index < -0.39 is 23.5 Å². The molecule has 2 aliphatic heterocycles. The van der Waals surface area contributed by atoms with Crippen LogP contribution < -0.4 is 5.32 Å². The molecule has 0 radical (unpaired) electrons. The second-order valence-electron chi connectivity index (χ2n) is 12.7. The summed E-state index contributed by atoms with van der Waals surface area (Å²) in [5, 5.41) is 10.9. The van der Waals surface area contributed by atoms with Crippen molar-refractivity contribution in [3.05, 3.63) is 30.0 Å². The molecule has 1 aromatic carbocycles. The second kappa shape index (κ2) is 13.6. The van der Waals surface area contributed by atoms with E-state index in [2.05, 4.69) is 15.5 Å². The van der Waals surface area contributed by atoms with Crippen molar-refractivity contribution in [2.24, 2.45) is 17.8 Å². The van der Waals surface area contributed by atoms with E-state index in [1.165, 1.54) is 0 Å². The van der Waals surface area contributed by atoms with Gasteiger partial charge in [0.25, 0.3) is 0 Å². The van der Waals surface area contributed by atoms with E-state index in [1.807, 2.05) is 23.1 Å². The Bertz CT molecular complexity index is 1270. The first-order valence-corrected chi connectivity index (χ1v) is 15.5. The molecule has 3 aliphatic rings. The van der Waals surface area contributed by atoms with Gasteiger partial charge in [-0.1, -0.05) is 38.7 Å². The Balaban J connectivity index is 1.28. The number of aromatic amines is 1. The van der Waals surface area contributed by atoms with E-state index in [1.54, 1.807) is 20.0 Å². The Morgan fingerprint density at radius 1 is 1.14 bits per heavy atom. The smallest absolute Gasteiger partial charge is 0.223 e. The number of benzene rings is 1. The van der Waals surface area contributed by atoms with Crippen molar-refractivity contribution < 1.29 is 28.7 Å². The van der Waals surface area contributed by atoms with Crippen LogP contribution in [0.25, 0.3) is 10.9 Å². The van der Waals surface area contributed by atoms with Crippen LogP contribution in [0.15, 0.2) is 24.4 Å². The first-order valence-electron chi connectivity index (χ1n) is 15.5. The SMILES string of the molecule is C[C@H](CC(=O)CN1CCOCC1)C(=O)N[C@@H](Cc1ccc2[nH]ncc2c1)C(=O)C[C@@H](CC1CCCC1)C(=O)[C@@]1(C)CO1. The molecule has 1 aliphatic carbocycles. The van der Waals surface area contributed by atoms with Crippen molar-refractivity contribution in [3.63, 3.8) is 0 Å². The van der Waals surface area contributed by atoms with Crippen molar-refractivity contribution in [1.29, 1.82) is 0 Å². The molecule has 1 saturated carbocycles. The number of hydrogen-bond donors (Lipinski definition) is 2. The summed E-state index contributed by atoms with van der Waals surface area (Å²) in [6.07, 6.45) is 7.34. The molecule has 10 heteroatoms. The van der Waals surface area contributed by atoms with E-state index in [-0.39, 0.29) is 42.5 Å². The molecule has 1 amide bonds. The predicted molar refractivity (Wildman–Crippen MR) is 157 cm³/mol. The van der Waals surface area contributed by atoms with Gasteiger partial charge in [-0.15, -0.1) is 0 Å². The number of aromatic nitrogens is 2. The molecule has 5 rings (SSSR count). The quantitative estimate of drug-likeness (QED) is 0.307. The van der Waals surface area contributed by atoms with E-state index in [4.69, 9.17) is 9.47 Å². The van der Waals surface area contributed by atoms with Gasteiger partial charge in [-0.2, -0.15) is 5.10 Å². The van der Waals surface area contributed by atoms with Gasteiger partial charge >= 0.3 is 0 Å². The molecule has 10 nitrogen and oxygen atoms in total. The van der Waals surface area contributed by atoms with E-state index in [0.29, 0.717) is 51.8 Å². The highest BCUT2D eigenvalue weighted by molar-refractivity contribution is 5.97. The van der Waals surface area contributed by atoms with Crippen LogP contribution in [-0.2, 0) is 35.1 Å². The molecule has 228 valence electrons. The fourth-order valence-electron chi connectivity index (χ4n) is 6.42. The number of ether oxygens (including phenoxy) is 2. The lowest BCUT2D eigenvalue weighted by Gasteiger charge is -2.26. The van der Waals surface area contributed by atoms with Gasteiger partial charge in [0.05, 0.1) is 44.1 Å². The van der Waals surface area contributed by atoms with Gasteiger partial charge in [-0.25, -0.2) is 0 Å². The zero-order valence-corrected chi connectivity index (χ0v) is 24.9. The van der Waals surface area contributed by atoms with Crippen LogP contribution in [0.5, 0.6) is 0 Å². The van der Waals surface area contributed by atoms with Gasteiger partial charge in [0.15, 0.2) is 11.6 Å². The molecule has 2 saturated heterocycles. The molecular weight excluding hydrogens is 536 g/mol. The number of nitrogens with one attached hydrogen (secondary N) is 2. The first kappa shape index (κ1) is 30.5. The number of carbonyl (C=O) groups is 4. The van der Waals surface area contributed by atoms with Gasteiger partial charge in [0.1, 0.15) is 11.4 Å². The third-order valence-corrected chi connectivity index (χ3v) is 9.14. The number of fused-ring (bicyclic) bond motifs is 1. The number of epoxide rings is 1. The maximum atomic E-state index is 13.9. The summed E-state index contributed by atoms with van der Waals surface area (Å²) >= 11 is 0. The molecule has 3 fully saturated rings. The molecular formula is C32H44N4O6. The monoisotopic (exact) mass is 580 g/mol. The summed E-state index contributed by atoms with van der Waals surface area (Å²) < 4.78 is 10.8. The largest absolute Gasteiger partial charge is 0.379 e. The number of Topliss-reactive ketones (excluding diaryl/α,β-unsaturated/α-hetero) is 3. The summed E-state index contributed by atoms with van der Waals surface area (Å²) in [6, 6.07) is 4.97. The fraction of sp³-hybridized carbons (Fsp3) is 0.656. The molecule has 0 spiro atoms. The zero-order chi connectivity index (χ0) is 29.7. The number of carbonyl (C=O) groups excluding carboxylic acids is 4. The van der Waals surface area contributed by atoms with E-state index >= 15 is 0 Å². The van der Waals surface area contributed by atoms with Crippen LogP contribution in [0.2, 0.25) is 0 Å². The summed E-state index contributed by atoms with van der Waals surface area (Å²) in [5.74, 6) is -1.09. The molecule has 1 aromatic heterocycles. The summed E-state index contributed by atoms with van der Waals surface area (Å²) in [4.78, 5) is 55.5. The normalized spacial score (nSPS) is 23.4. The molecule has 0 unspecified atom stereocenters. The summed E-state index contributed by atoms with van der Waals surface area (Å²) in [5.41, 5.74) is 0.969. The Kier molecular flexibility index (Phi) is 9.85. The third kappa shape index (κ3) is 7.90. The number of hydrogen-bond acceptors (Lipinski definition) is 8. The van der Waals surface area contributed by atoms with Crippen molar-refractivity contribution in [3.8, 4) is 0 Å². The number of amides is 1. The molecule has 2 N–H and O–H groups in total. The van der Waals surface area contributed by atoms with E-state index in [9.17, 15) is 19.2 Å². The highest BCUT2D eigenvalue weighted by Crippen LogP contribution is 2.37. The van der Waals surface area contributed by atoms with Crippen molar-refractivity contribution in [1.82, 2.24) is 20.4 Å². The predicted octanol–water partition coefficient (Wildman–Crippen LogP) is 3.03. The lowest BCUT2D eigenvalue weighted by molar-refractivity contribution is -0.134. The van der Waals surface area contributed by atoms with Crippen LogP contribution in [0, 0.1) is 17.8 Å². The molecule has 0 bridgehead atoms. The van der Waals surface area contributed by atoms with Crippen LogP contribution >= 0.6 is 0 Å². The topological polar surface area (TPSA) is 134 Å². The molecule has 2 aromatic rings. The minimum atomic E-state index is -0.814. The lowest BCUT2D eigenvalue weighted by atomic mass is 9.81. The molecule has 3 heterocycles. The van der Waals surface area contributed by atoms with Crippen molar-refractivity contribution in [2.75, 3.05) is 39.5 Å². The number of H-pyrrole nitrogens is 1. The minimum Gasteiger partial charge on any atom is -0.379 e. The Morgan fingerprint density at radius 2 is 1.88 bits per heavy atom. The maximum absolute atomic E-state index is 13.9. The number of morpholine rings is 1. The van der Waals surface area contributed by atoms with Crippen LogP contribution in [0.4, 0.5) is 0 Å². The number of ketones is 3. The maximum Gasteiger partial charge on any atom is 0.223 e. The highest BCUT2D eigenvalue weighted by atomic mass is 16.6. The van der Waals surface area contributed by atoms with Crippen LogP contribution in [0.3, 0.4) is 0 Å². The molecule has 4 atom stereocenters. The Morgan fingerprint density at radius 3 is 2.60 bits per heavy atom.